The Morgan fingerprint density at radius 2 is 1.83 bits per heavy atom. The summed E-state index contributed by atoms with van der Waals surface area (Å²) in [7, 11) is 1.61. The maximum Gasteiger partial charge on any atom is 0.242 e. The van der Waals surface area contributed by atoms with Crippen LogP contribution in [0, 0.1) is 6.92 Å². The van der Waals surface area contributed by atoms with Gasteiger partial charge in [-0.25, -0.2) is 0 Å². The number of hydrogen-bond donors (Lipinski definition) is 1. The Balaban J connectivity index is 2.11. The number of aryl methyl sites for hydroxylation is 1. The molecule has 30 heavy (non-hydrogen) atoms. The van der Waals surface area contributed by atoms with Gasteiger partial charge in [-0.2, -0.15) is 0 Å². The first-order valence-corrected chi connectivity index (χ1v) is 11.3. The van der Waals surface area contributed by atoms with Gasteiger partial charge in [0.05, 0.1) is 12.9 Å². The predicted octanol–water partition coefficient (Wildman–Crippen LogP) is 4.18. The van der Waals surface area contributed by atoms with E-state index in [1.807, 2.05) is 50.2 Å². The van der Waals surface area contributed by atoms with E-state index in [0.717, 1.165) is 17.1 Å². The second-order valence-electron chi connectivity index (χ2n) is 7.63. The fraction of sp³-hybridized carbons (Fsp3) is 0.417. The lowest BCUT2D eigenvalue weighted by atomic mass is 10.1. The lowest BCUT2D eigenvalue weighted by Gasteiger charge is -2.29. The molecule has 0 aliphatic heterocycles. The van der Waals surface area contributed by atoms with E-state index in [-0.39, 0.29) is 17.9 Å². The van der Waals surface area contributed by atoms with Gasteiger partial charge in [-0.3, -0.25) is 9.59 Å². The summed E-state index contributed by atoms with van der Waals surface area (Å²) in [6, 6.07) is 15.2. The van der Waals surface area contributed by atoms with Gasteiger partial charge in [-0.15, -0.1) is 11.8 Å². The van der Waals surface area contributed by atoms with Crippen LogP contribution in [0.25, 0.3) is 0 Å². The van der Waals surface area contributed by atoms with Crippen LogP contribution in [0.2, 0.25) is 0 Å². The van der Waals surface area contributed by atoms with Gasteiger partial charge < -0.3 is 15.0 Å². The van der Waals surface area contributed by atoms with Crippen molar-refractivity contribution in [3.63, 3.8) is 0 Å². The molecule has 0 saturated heterocycles. The number of benzene rings is 2. The molecule has 0 aromatic heterocycles. The van der Waals surface area contributed by atoms with Crippen molar-refractivity contribution in [2.45, 2.75) is 52.1 Å². The normalized spacial score (nSPS) is 11.8. The summed E-state index contributed by atoms with van der Waals surface area (Å²) in [5, 5.41) is 2.91. The van der Waals surface area contributed by atoms with Crippen LogP contribution in [0.15, 0.2) is 48.5 Å². The van der Waals surface area contributed by atoms with Crippen molar-refractivity contribution in [3.8, 4) is 5.75 Å². The Morgan fingerprint density at radius 1 is 1.10 bits per heavy atom. The van der Waals surface area contributed by atoms with Crippen LogP contribution in [0.5, 0.6) is 5.75 Å². The summed E-state index contributed by atoms with van der Waals surface area (Å²) in [4.78, 5) is 27.4. The van der Waals surface area contributed by atoms with Gasteiger partial charge in [0, 0.05) is 18.3 Å². The van der Waals surface area contributed by atoms with Crippen LogP contribution < -0.4 is 10.1 Å². The summed E-state index contributed by atoms with van der Waals surface area (Å²) in [5.41, 5.74) is 3.37. The Labute approximate surface area is 184 Å². The standard InChI is InChI=1S/C24H32N2O3S/c1-17(2)25-24(28)19(4)26(14-20-10-8-12-22(13-20)29-5)23(27)16-30-15-21-11-7-6-9-18(21)3/h6-13,17,19H,14-16H2,1-5H3,(H,25,28)/t19-/m1/s1. The molecule has 1 N–H and O–H groups in total. The smallest absolute Gasteiger partial charge is 0.242 e. The highest BCUT2D eigenvalue weighted by Crippen LogP contribution is 2.19. The Hall–Kier alpha value is -2.47. The minimum absolute atomic E-state index is 0.0177. The van der Waals surface area contributed by atoms with Gasteiger partial charge in [0.1, 0.15) is 11.8 Å². The lowest BCUT2D eigenvalue weighted by molar-refractivity contribution is -0.138. The van der Waals surface area contributed by atoms with Gasteiger partial charge in [-0.05, 0) is 56.5 Å². The maximum atomic E-state index is 13.1. The van der Waals surface area contributed by atoms with E-state index in [4.69, 9.17) is 4.74 Å². The molecule has 0 unspecified atom stereocenters. The molecule has 2 amide bonds. The van der Waals surface area contributed by atoms with Gasteiger partial charge in [0.25, 0.3) is 0 Å². The molecular weight excluding hydrogens is 396 g/mol. The van der Waals surface area contributed by atoms with Crippen molar-refractivity contribution in [1.29, 1.82) is 0 Å². The first-order chi connectivity index (χ1) is 14.3. The van der Waals surface area contributed by atoms with Crippen molar-refractivity contribution in [2.75, 3.05) is 12.9 Å². The van der Waals surface area contributed by atoms with Crippen molar-refractivity contribution in [3.05, 3.63) is 65.2 Å². The molecule has 5 nitrogen and oxygen atoms in total. The van der Waals surface area contributed by atoms with Gasteiger partial charge in [-0.1, -0.05) is 36.4 Å². The van der Waals surface area contributed by atoms with Gasteiger partial charge in [0.2, 0.25) is 11.8 Å². The highest BCUT2D eigenvalue weighted by atomic mass is 32.2. The van der Waals surface area contributed by atoms with Crippen LogP contribution in [0.1, 0.15) is 37.5 Å². The number of amides is 2. The predicted molar refractivity (Wildman–Crippen MR) is 124 cm³/mol. The molecule has 0 heterocycles. The Morgan fingerprint density at radius 3 is 2.50 bits per heavy atom. The minimum Gasteiger partial charge on any atom is -0.497 e. The summed E-state index contributed by atoms with van der Waals surface area (Å²) in [5.74, 6) is 1.61. The third kappa shape index (κ3) is 7.10. The highest BCUT2D eigenvalue weighted by Gasteiger charge is 2.26. The molecule has 2 rings (SSSR count). The van der Waals surface area contributed by atoms with Crippen LogP contribution >= 0.6 is 11.8 Å². The molecular formula is C24H32N2O3S. The lowest BCUT2D eigenvalue weighted by Crippen LogP contribution is -2.49. The summed E-state index contributed by atoms with van der Waals surface area (Å²) in [6.45, 7) is 8.04. The summed E-state index contributed by atoms with van der Waals surface area (Å²) in [6.07, 6.45) is 0. The molecule has 162 valence electrons. The van der Waals surface area contributed by atoms with Gasteiger partial charge >= 0.3 is 0 Å². The average Bonchev–Trinajstić information content (AvgIpc) is 2.72. The second kappa shape index (κ2) is 11.6. The third-order valence-electron chi connectivity index (χ3n) is 4.83. The van der Waals surface area contributed by atoms with Crippen LogP contribution in [-0.4, -0.2) is 41.7 Å². The zero-order valence-corrected chi connectivity index (χ0v) is 19.3. The molecule has 0 bridgehead atoms. The fourth-order valence-electron chi connectivity index (χ4n) is 3.06. The number of rotatable bonds is 10. The number of methoxy groups -OCH3 is 1. The SMILES string of the molecule is COc1cccc(CN(C(=O)CSCc2ccccc2C)[C@H](C)C(=O)NC(C)C)c1. The Bertz CT molecular complexity index is 854. The van der Waals surface area contributed by atoms with Crippen molar-refractivity contribution >= 4 is 23.6 Å². The molecule has 0 spiro atoms. The highest BCUT2D eigenvalue weighted by molar-refractivity contribution is 7.99. The molecule has 0 fully saturated rings. The van der Waals surface area contributed by atoms with E-state index in [2.05, 4.69) is 24.4 Å². The number of nitrogens with one attached hydrogen (secondary N) is 1. The quantitative estimate of drug-likeness (QED) is 0.617. The zero-order valence-electron chi connectivity index (χ0n) is 18.5. The third-order valence-corrected chi connectivity index (χ3v) is 5.80. The van der Waals surface area contributed by atoms with Crippen molar-refractivity contribution in [2.24, 2.45) is 0 Å². The van der Waals surface area contributed by atoms with E-state index < -0.39 is 6.04 Å². The number of carbonyl (C=O) groups excluding carboxylic acids is 2. The number of hydrogen-bond acceptors (Lipinski definition) is 4. The van der Waals surface area contributed by atoms with Crippen molar-refractivity contribution in [1.82, 2.24) is 10.2 Å². The monoisotopic (exact) mass is 428 g/mol. The minimum atomic E-state index is -0.565. The molecule has 0 aliphatic carbocycles. The second-order valence-corrected chi connectivity index (χ2v) is 8.62. The van der Waals surface area contributed by atoms with E-state index >= 15 is 0 Å². The van der Waals surface area contributed by atoms with Crippen LogP contribution in [-0.2, 0) is 21.9 Å². The fourth-order valence-corrected chi connectivity index (χ4v) is 4.04. The topological polar surface area (TPSA) is 58.6 Å². The van der Waals surface area contributed by atoms with Crippen LogP contribution in [0.3, 0.4) is 0 Å². The molecule has 2 aromatic carbocycles. The first kappa shape index (κ1) is 23.8. The van der Waals surface area contributed by atoms with Crippen molar-refractivity contribution < 1.29 is 14.3 Å². The first-order valence-electron chi connectivity index (χ1n) is 10.2. The largest absolute Gasteiger partial charge is 0.497 e. The maximum absolute atomic E-state index is 13.1. The van der Waals surface area contributed by atoms with Gasteiger partial charge in [0.15, 0.2) is 0 Å². The molecule has 0 saturated carbocycles. The number of nitrogens with zero attached hydrogens (tertiary/aromatic N) is 1. The number of thioether (sulfide) groups is 1. The molecule has 6 heteroatoms. The van der Waals surface area contributed by atoms with E-state index in [1.165, 1.54) is 11.1 Å². The molecule has 1 atom stereocenters. The Kier molecular flexibility index (Phi) is 9.24. The molecule has 0 radical (unpaired) electrons. The zero-order chi connectivity index (χ0) is 22.1. The van der Waals surface area contributed by atoms with Crippen LogP contribution in [0.4, 0.5) is 0 Å². The molecule has 0 aliphatic rings. The number of carbonyl (C=O) groups is 2. The van der Waals surface area contributed by atoms with E-state index in [9.17, 15) is 9.59 Å². The van der Waals surface area contributed by atoms with E-state index in [0.29, 0.717) is 12.3 Å². The molecule has 2 aromatic rings. The summed E-state index contributed by atoms with van der Waals surface area (Å²) < 4.78 is 5.30. The summed E-state index contributed by atoms with van der Waals surface area (Å²) >= 11 is 1.57. The number of ether oxygens (including phenoxy) is 1. The average molecular weight is 429 g/mol. The van der Waals surface area contributed by atoms with E-state index in [1.54, 1.807) is 30.7 Å².